The molecule has 6 heteroatoms. The molecular weight excluding hydrogens is 306 g/mol. The fourth-order valence-corrected chi connectivity index (χ4v) is 1.87. The number of unbranched alkanes of at least 4 members (excludes halogenated alkanes) is 1. The first-order chi connectivity index (χ1) is 11.7. The van der Waals surface area contributed by atoms with Gasteiger partial charge in [0.1, 0.15) is 17.2 Å². The monoisotopic (exact) mass is 327 g/mol. The molecule has 0 atom stereocenters. The first-order valence-corrected chi connectivity index (χ1v) is 7.76. The van der Waals surface area contributed by atoms with Crippen LogP contribution in [0.15, 0.2) is 53.6 Å². The number of carbonyl (C=O) groups is 1. The maximum Gasteiger partial charge on any atom is 0.332 e. The van der Waals surface area contributed by atoms with Gasteiger partial charge in [-0.05, 0) is 60.5 Å². The third-order valence-corrected chi connectivity index (χ3v) is 3.09. The molecule has 0 aliphatic carbocycles. The summed E-state index contributed by atoms with van der Waals surface area (Å²) in [6.07, 6.45) is 3.65. The highest BCUT2D eigenvalue weighted by Gasteiger charge is 1.99. The van der Waals surface area contributed by atoms with Crippen LogP contribution in [0.1, 0.15) is 25.3 Å². The Bertz CT molecular complexity index is 667. The number of hydrogen-bond acceptors (Lipinski definition) is 4. The minimum absolute atomic E-state index is 0.701. The Morgan fingerprint density at radius 2 is 1.67 bits per heavy atom. The van der Waals surface area contributed by atoms with Gasteiger partial charge in [-0.25, -0.2) is 10.2 Å². The molecule has 0 aromatic heterocycles. The van der Waals surface area contributed by atoms with Crippen molar-refractivity contribution in [2.75, 3.05) is 6.61 Å². The minimum Gasteiger partial charge on any atom is -0.494 e. The van der Waals surface area contributed by atoms with E-state index in [0.717, 1.165) is 36.5 Å². The van der Waals surface area contributed by atoms with Crippen molar-refractivity contribution in [1.29, 1.82) is 0 Å². The molecule has 2 aromatic carbocycles. The van der Waals surface area contributed by atoms with Gasteiger partial charge in [-0.2, -0.15) is 5.10 Å². The number of carbonyl (C=O) groups excluding carboxylic acids is 1. The van der Waals surface area contributed by atoms with Gasteiger partial charge in [0.15, 0.2) is 0 Å². The molecule has 0 fully saturated rings. The van der Waals surface area contributed by atoms with Gasteiger partial charge in [-0.15, -0.1) is 0 Å². The van der Waals surface area contributed by atoms with Gasteiger partial charge >= 0.3 is 6.03 Å². The van der Waals surface area contributed by atoms with Crippen LogP contribution in [-0.2, 0) is 0 Å². The maximum atomic E-state index is 10.5. The van der Waals surface area contributed by atoms with E-state index in [2.05, 4.69) is 17.5 Å². The molecule has 0 aliphatic rings. The molecule has 0 heterocycles. The summed E-state index contributed by atoms with van der Waals surface area (Å²) < 4.78 is 11.4. The molecule has 6 nitrogen and oxygen atoms in total. The van der Waals surface area contributed by atoms with E-state index in [1.54, 1.807) is 0 Å². The van der Waals surface area contributed by atoms with Crippen LogP contribution in [-0.4, -0.2) is 18.9 Å². The number of amides is 2. The van der Waals surface area contributed by atoms with E-state index in [1.807, 2.05) is 48.5 Å². The first-order valence-electron chi connectivity index (χ1n) is 7.76. The second kappa shape index (κ2) is 9.19. The first kappa shape index (κ1) is 17.3. The summed E-state index contributed by atoms with van der Waals surface area (Å²) in [4.78, 5) is 10.5. The van der Waals surface area contributed by atoms with E-state index in [4.69, 9.17) is 15.2 Å². The fourth-order valence-electron chi connectivity index (χ4n) is 1.87. The van der Waals surface area contributed by atoms with E-state index in [9.17, 15) is 4.79 Å². The van der Waals surface area contributed by atoms with Crippen LogP contribution < -0.4 is 20.6 Å². The van der Waals surface area contributed by atoms with Crippen molar-refractivity contribution in [1.82, 2.24) is 5.43 Å². The lowest BCUT2D eigenvalue weighted by atomic mass is 10.2. The van der Waals surface area contributed by atoms with Crippen LogP contribution in [0, 0.1) is 0 Å². The second-order valence-electron chi connectivity index (χ2n) is 5.08. The molecular formula is C18H21N3O3. The van der Waals surface area contributed by atoms with Crippen LogP contribution in [0.5, 0.6) is 17.2 Å². The van der Waals surface area contributed by atoms with Crippen LogP contribution in [0.2, 0.25) is 0 Å². The van der Waals surface area contributed by atoms with Crippen molar-refractivity contribution < 1.29 is 14.3 Å². The number of ether oxygens (including phenoxy) is 2. The lowest BCUT2D eigenvalue weighted by molar-refractivity contribution is 0.249. The van der Waals surface area contributed by atoms with Crippen molar-refractivity contribution in [3.63, 3.8) is 0 Å². The summed E-state index contributed by atoms with van der Waals surface area (Å²) in [7, 11) is 0. The highest BCUT2D eigenvalue weighted by Crippen LogP contribution is 2.24. The largest absolute Gasteiger partial charge is 0.494 e. The highest BCUT2D eigenvalue weighted by molar-refractivity contribution is 5.81. The van der Waals surface area contributed by atoms with Gasteiger partial charge in [0.05, 0.1) is 12.8 Å². The Labute approximate surface area is 141 Å². The van der Waals surface area contributed by atoms with Crippen LogP contribution in [0.4, 0.5) is 4.79 Å². The molecule has 3 N–H and O–H groups in total. The highest BCUT2D eigenvalue weighted by atomic mass is 16.5. The van der Waals surface area contributed by atoms with Crippen molar-refractivity contribution in [3.05, 3.63) is 54.1 Å². The number of nitrogens with one attached hydrogen (secondary N) is 1. The molecule has 0 saturated carbocycles. The van der Waals surface area contributed by atoms with Gasteiger partial charge < -0.3 is 15.2 Å². The Morgan fingerprint density at radius 1 is 1.08 bits per heavy atom. The number of nitrogens with zero attached hydrogens (tertiary/aromatic N) is 1. The normalized spacial score (nSPS) is 10.5. The number of hydrogen-bond donors (Lipinski definition) is 2. The molecule has 2 aromatic rings. The Hall–Kier alpha value is -3.02. The minimum atomic E-state index is -0.701. The van der Waals surface area contributed by atoms with E-state index >= 15 is 0 Å². The second-order valence-corrected chi connectivity index (χ2v) is 5.08. The zero-order valence-electron chi connectivity index (χ0n) is 13.6. The van der Waals surface area contributed by atoms with E-state index < -0.39 is 6.03 Å². The average molecular weight is 327 g/mol. The Balaban J connectivity index is 1.89. The predicted octanol–water partition coefficient (Wildman–Crippen LogP) is 3.66. The number of nitrogens with two attached hydrogens (primary N) is 1. The summed E-state index contributed by atoms with van der Waals surface area (Å²) in [5.41, 5.74) is 7.87. The third kappa shape index (κ3) is 6.00. The lowest BCUT2D eigenvalue weighted by Crippen LogP contribution is -2.24. The molecule has 24 heavy (non-hydrogen) atoms. The third-order valence-electron chi connectivity index (χ3n) is 3.09. The number of primary amides is 1. The van der Waals surface area contributed by atoms with Gasteiger partial charge in [0, 0.05) is 0 Å². The standard InChI is InChI=1S/C18H21N3O3/c1-2-3-12-23-15-8-10-17(11-9-15)24-16-6-4-14(5-7-16)13-20-21-18(19)22/h4-11,13H,2-3,12H2,1H3,(H3,19,21,22)/b20-13-. The van der Waals surface area contributed by atoms with Crippen LogP contribution >= 0.6 is 0 Å². The Kier molecular flexibility index (Phi) is 6.64. The number of benzene rings is 2. The van der Waals surface area contributed by atoms with Crippen LogP contribution in [0.25, 0.3) is 0 Å². The molecule has 2 rings (SSSR count). The number of hydrazone groups is 1. The number of urea groups is 1. The average Bonchev–Trinajstić information content (AvgIpc) is 2.58. The fraction of sp³-hybridized carbons (Fsp3) is 0.222. The quantitative estimate of drug-likeness (QED) is 0.441. The smallest absolute Gasteiger partial charge is 0.332 e. The molecule has 2 amide bonds. The lowest BCUT2D eigenvalue weighted by Gasteiger charge is -2.08. The molecule has 0 spiro atoms. The molecule has 0 unspecified atom stereocenters. The SMILES string of the molecule is CCCCOc1ccc(Oc2ccc(/C=N\NC(N)=O)cc2)cc1. The van der Waals surface area contributed by atoms with Gasteiger partial charge in [0.25, 0.3) is 0 Å². The molecule has 0 radical (unpaired) electrons. The molecule has 0 bridgehead atoms. The van der Waals surface area contributed by atoms with E-state index in [0.29, 0.717) is 5.75 Å². The Morgan fingerprint density at radius 3 is 2.25 bits per heavy atom. The predicted molar refractivity (Wildman–Crippen MR) is 93.7 cm³/mol. The molecule has 126 valence electrons. The van der Waals surface area contributed by atoms with Gasteiger partial charge in [0.2, 0.25) is 0 Å². The van der Waals surface area contributed by atoms with Crippen molar-refractivity contribution in [2.24, 2.45) is 10.8 Å². The van der Waals surface area contributed by atoms with Gasteiger partial charge in [-0.1, -0.05) is 13.3 Å². The summed E-state index contributed by atoms with van der Waals surface area (Å²) in [6, 6.07) is 14.1. The maximum absolute atomic E-state index is 10.5. The summed E-state index contributed by atoms with van der Waals surface area (Å²) in [5, 5.41) is 3.69. The topological polar surface area (TPSA) is 85.9 Å². The van der Waals surface area contributed by atoms with Crippen molar-refractivity contribution in [2.45, 2.75) is 19.8 Å². The molecule has 0 aliphatic heterocycles. The number of rotatable bonds is 8. The van der Waals surface area contributed by atoms with Crippen molar-refractivity contribution >= 4 is 12.2 Å². The summed E-state index contributed by atoms with van der Waals surface area (Å²) >= 11 is 0. The van der Waals surface area contributed by atoms with Crippen LogP contribution in [0.3, 0.4) is 0 Å². The zero-order chi connectivity index (χ0) is 17.2. The molecule has 0 saturated heterocycles. The summed E-state index contributed by atoms with van der Waals surface area (Å²) in [6.45, 7) is 2.86. The van der Waals surface area contributed by atoms with Crippen molar-refractivity contribution in [3.8, 4) is 17.2 Å². The zero-order valence-corrected chi connectivity index (χ0v) is 13.6. The van der Waals surface area contributed by atoms with E-state index in [-0.39, 0.29) is 0 Å². The van der Waals surface area contributed by atoms with E-state index in [1.165, 1.54) is 6.21 Å². The summed E-state index contributed by atoms with van der Waals surface area (Å²) in [5.74, 6) is 2.27. The van der Waals surface area contributed by atoms with Gasteiger partial charge in [-0.3, -0.25) is 0 Å².